The number of furan rings is 1. The first kappa shape index (κ1) is 13.3. The van der Waals surface area contributed by atoms with Crippen LogP contribution >= 0.6 is 0 Å². The van der Waals surface area contributed by atoms with E-state index in [2.05, 4.69) is 52.2 Å². The number of fused-ring (bicyclic) bond motifs is 3. The van der Waals surface area contributed by atoms with Crippen LogP contribution in [0.3, 0.4) is 0 Å². The first-order valence-electron chi connectivity index (χ1n) is 8.04. The third-order valence-electron chi connectivity index (χ3n) is 4.49. The van der Waals surface area contributed by atoms with E-state index >= 15 is 0 Å². The predicted octanol–water partition coefficient (Wildman–Crippen LogP) is 3.11. The van der Waals surface area contributed by atoms with Crippen molar-refractivity contribution in [3.8, 4) is 0 Å². The molecule has 3 N–H and O–H groups in total. The minimum atomic E-state index is 0.0980. The topological polar surface area (TPSA) is 54.1 Å². The second-order valence-corrected chi connectivity index (χ2v) is 5.96. The van der Waals surface area contributed by atoms with E-state index in [1.807, 2.05) is 36.4 Å². The van der Waals surface area contributed by atoms with Crippen molar-refractivity contribution in [1.82, 2.24) is 5.43 Å². The van der Waals surface area contributed by atoms with Crippen molar-refractivity contribution >= 4 is 27.8 Å². The molecule has 1 aliphatic rings. The highest BCUT2D eigenvalue weighted by Crippen LogP contribution is 2.30. The fraction of sp³-hybridized carbons (Fsp3) is 0.0500. The fourth-order valence-corrected chi connectivity index (χ4v) is 3.30. The summed E-state index contributed by atoms with van der Waals surface area (Å²) >= 11 is 0. The average Bonchev–Trinajstić information content (AvgIpc) is 3.27. The van der Waals surface area contributed by atoms with Gasteiger partial charge < -0.3 is 4.42 Å². The van der Waals surface area contributed by atoms with E-state index in [-0.39, 0.29) is 6.17 Å². The molecule has 4 nitrogen and oxygen atoms in total. The molecule has 4 aromatic rings. The number of quaternary nitrogens is 1. The van der Waals surface area contributed by atoms with Gasteiger partial charge in [-0.15, -0.1) is 5.10 Å². The van der Waals surface area contributed by atoms with Gasteiger partial charge in [-0.3, -0.25) is 5.32 Å². The lowest BCUT2D eigenvalue weighted by Crippen LogP contribution is -2.88. The molecule has 116 valence electrons. The van der Waals surface area contributed by atoms with Crippen LogP contribution in [0.4, 0.5) is 0 Å². The van der Waals surface area contributed by atoms with Crippen LogP contribution in [0.1, 0.15) is 17.3 Å². The lowest BCUT2D eigenvalue weighted by molar-refractivity contribution is -0.582. The minimum absolute atomic E-state index is 0.0980. The second-order valence-electron chi connectivity index (χ2n) is 5.96. The Bertz CT molecular complexity index is 1070. The molecule has 0 saturated carbocycles. The molecule has 0 radical (unpaired) electrons. The van der Waals surface area contributed by atoms with Crippen molar-refractivity contribution in [2.24, 2.45) is 5.10 Å². The van der Waals surface area contributed by atoms with Crippen molar-refractivity contribution in [3.63, 3.8) is 0 Å². The van der Waals surface area contributed by atoms with E-state index in [1.54, 1.807) is 0 Å². The van der Waals surface area contributed by atoms with Crippen LogP contribution in [0, 0.1) is 0 Å². The summed E-state index contributed by atoms with van der Waals surface area (Å²) in [6.45, 7) is 0. The van der Waals surface area contributed by atoms with Gasteiger partial charge in [0, 0.05) is 16.3 Å². The van der Waals surface area contributed by atoms with E-state index in [0.29, 0.717) is 0 Å². The molecule has 0 bridgehead atoms. The van der Waals surface area contributed by atoms with Crippen molar-refractivity contribution < 1.29 is 9.73 Å². The maximum atomic E-state index is 6.11. The van der Waals surface area contributed by atoms with Crippen LogP contribution in [-0.2, 0) is 0 Å². The number of nitrogens with one attached hydrogen (secondary N) is 1. The molecule has 1 atom stereocenters. The predicted molar refractivity (Wildman–Crippen MR) is 94.5 cm³/mol. The molecule has 1 aromatic heterocycles. The van der Waals surface area contributed by atoms with Gasteiger partial charge >= 0.3 is 0 Å². The zero-order valence-corrected chi connectivity index (χ0v) is 12.9. The second kappa shape index (κ2) is 5.22. The van der Waals surface area contributed by atoms with Gasteiger partial charge in [0.05, 0.1) is 0 Å². The lowest BCUT2D eigenvalue weighted by Gasteiger charge is -2.07. The molecule has 0 spiro atoms. The van der Waals surface area contributed by atoms with Crippen LogP contribution < -0.4 is 10.7 Å². The summed E-state index contributed by atoms with van der Waals surface area (Å²) in [6.07, 6.45) is 0.0980. The number of hydrazone groups is 1. The van der Waals surface area contributed by atoms with Gasteiger partial charge in [0.25, 0.3) is 5.84 Å². The highest BCUT2D eigenvalue weighted by atomic mass is 16.3. The van der Waals surface area contributed by atoms with Gasteiger partial charge in [-0.05, 0) is 12.1 Å². The lowest BCUT2D eigenvalue weighted by atomic mass is 10.1. The first-order chi connectivity index (χ1) is 11.9. The summed E-state index contributed by atoms with van der Waals surface area (Å²) in [5.74, 6) is 0.925. The van der Waals surface area contributed by atoms with Gasteiger partial charge in [0.1, 0.15) is 16.7 Å². The molecule has 0 fully saturated rings. The number of benzene rings is 3. The Morgan fingerprint density at radius 3 is 2.54 bits per heavy atom. The third-order valence-corrected chi connectivity index (χ3v) is 4.49. The molecular weight excluding hydrogens is 298 g/mol. The maximum absolute atomic E-state index is 6.11. The van der Waals surface area contributed by atoms with Gasteiger partial charge in [-0.25, -0.2) is 5.43 Å². The molecule has 3 aromatic carbocycles. The Morgan fingerprint density at radius 2 is 1.62 bits per heavy atom. The molecule has 0 saturated heterocycles. The Hall–Kier alpha value is -3.11. The average molecular weight is 314 g/mol. The number of para-hydroxylation sites is 2. The molecule has 0 amide bonds. The smallest absolute Gasteiger partial charge is 0.254 e. The third kappa shape index (κ3) is 2.01. The number of nitrogens with two attached hydrogens (primary N) is 1. The Morgan fingerprint density at radius 1 is 0.833 bits per heavy atom. The van der Waals surface area contributed by atoms with E-state index in [0.717, 1.165) is 33.3 Å². The number of hydrogen-bond donors (Lipinski definition) is 2. The molecule has 4 heteroatoms. The monoisotopic (exact) mass is 314 g/mol. The van der Waals surface area contributed by atoms with Crippen LogP contribution in [0.15, 0.2) is 82.3 Å². The van der Waals surface area contributed by atoms with Gasteiger partial charge in [0.15, 0.2) is 0 Å². The molecule has 1 unspecified atom stereocenters. The summed E-state index contributed by atoms with van der Waals surface area (Å²) in [5, 5.41) is 8.95. The maximum Gasteiger partial charge on any atom is 0.254 e. The van der Waals surface area contributed by atoms with Crippen molar-refractivity contribution in [2.45, 2.75) is 6.17 Å². The summed E-state index contributed by atoms with van der Waals surface area (Å²) in [4.78, 5) is 0. The quantitative estimate of drug-likeness (QED) is 0.597. The minimum Gasteiger partial charge on any atom is -0.455 e. The summed E-state index contributed by atoms with van der Waals surface area (Å²) < 4.78 is 6.11. The zero-order valence-electron chi connectivity index (χ0n) is 12.9. The summed E-state index contributed by atoms with van der Waals surface area (Å²) in [6, 6.07) is 24.7. The normalized spacial score (nSPS) is 17.2. The van der Waals surface area contributed by atoms with Crippen molar-refractivity contribution in [3.05, 3.63) is 83.9 Å². The number of rotatable bonds is 2. The van der Waals surface area contributed by atoms with E-state index in [1.165, 1.54) is 5.56 Å². The molecule has 1 aliphatic heterocycles. The van der Waals surface area contributed by atoms with E-state index in [4.69, 9.17) is 4.42 Å². The molecule has 24 heavy (non-hydrogen) atoms. The molecular formula is C20H16N3O+. The van der Waals surface area contributed by atoms with Gasteiger partial charge in [-0.2, -0.15) is 0 Å². The number of nitrogens with zero attached hydrogens (tertiary/aromatic N) is 1. The molecule has 0 aliphatic carbocycles. The summed E-state index contributed by atoms with van der Waals surface area (Å²) in [5.41, 5.74) is 7.24. The van der Waals surface area contributed by atoms with Gasteiger partial charge in [0.2, 0.25) is 6.17 Å². The van der Waals surface area contributed by atoms with Crippen LogP contribution in [0.5, 0.6) is 0 Å². The zero-order chi connectivity index (χ0) is 15.9. The first-order valence-corrected chi connectivity index (χ1v) is 8.04. The largest absolute Gasteiger partial charge is 0.455 e. The van der Waals surface area contributed by atoms with E-state index in [9.17, 15) is 0 Å². The Balaban J connectivity index is 1.58. The van der Waals surface area contributed by atoms with E-state index < -0.39 is 0 Å². The van der Waals surface area contributed by atoms with Crippen LogP contribution in [0.25, 0.3) is 21.9 Å². The van der Waals surface area contributed by atoms with Gasteiger partial charge in [-0.1, -0.05) is 60.7 Å². The van der Waals surface area contributed by atoms with Crippen molar-refractivity contribution in [1.29, 1.82) is 0 Å². The number of amidine groups is 1. The standard InChI is InChI=1S/C20H15N3O/c1-2-7-13(8-3-1)19-21-20(23-22-19)16-11-6-10-15-14-9-4-5-12-17(14)24-18(15)16/h1-12,19,22H,(H,21,23)/p+1. The Labute approximate surface area is 138 Å². The molecule has 5 rings (SSSR count). The Kier molecular flexibility index (Phi) is 2.90. The van der Waals surface area contributed by atoms with Crippen molar-refractivity contribution in [2.75, 3.05) is 0 Å². The summed E-state index contributed by atoms with van der Waals surface area (Å²) in [7, 11) is 0. The SMILES string of the molecule is c1ccc(C2NN=C(c3cccc4c3oc3ccccc34)[NH2+]2)cc1. The van der Waals surface area contributed by atoms with Crippen LogP contribution in [-0.4, -0.2) is 5.84 Å². The highest BCUT2D eigenvalue weighted by Gasteiger charge is 2.27. The fourth-order valence-electron chi connectivity index (χ4n) is 3.30. The highest BCUT2D eigenvalue weighted by molar-refractivity contribution is 6.12. The number of hydrogen-bond acceptors (Lipinski definition) is 3. The van der Waals surface area contributed by atoms with Crippen LogP contribution in [0.2, 0.25) is 0 Å². The molecule has 2 heterocycles.